The zero-order valence-electron chi connectivity index (χ0n) is 19.6. The van der Waals surface area contributed by atoms with E-state index < -0.39 is 0 Å². The van der Waals surface area contributed by atoms with Gasteiger partial charge in [-0.3, -0.25) is 4.79 Å². The molecule has 0 aromatic rings. The van der Waals surface area contributed by atoms with Crippen molar-refractivity contribution in [3.8, 4) is 0 Å². The van der Waals surface area contributed by atoms with Gasteiger partial charge in [-0.25, -0.2) is 0 Å². The molecule has 1 unspecified atom stereocenters. The molecule has 4 heteroatoms. The lowest BCUT2D eigenvalue weighted by Crippen LogP contribution is -2.42. The van der Waals surface area contributed by atoms with Gasteiger partial charge in [0.2, 0.25) is 6.41 Å². The van der Waals surface area contributed by atoms with Gasteiger partial charge in [-0.2, -0.15) is 0 Å². The van der Waals surface area contributed by atoms with Crippen LogP contribution < -0.4 is 16.0 Å². The Morgan fingerprint density at radius 2 is 1.23 bits per heavy atom. The summed E-state index contributed by atoms with van der Waals surface area (Å²) in [6.07, 6.45) is 5.59. The Morgan fingerprint density at radius 1 is 0.846 bits per heavy atom. The van der Waals surface area contributed by atoms with E-state index in [0.717, 1.165) is 13.1 Å². The van der Waals surface area contributed by atoms with E-state index in [9.17, 15) is 0 Å². The maximum Gasteiger partial charge on any atom is 0.206 e. The van der Waals surface area contributed by atoms with Crippen LogP contribution in [0.25, 0.3) is 0 Å². The Kier molecular flexibility index (Phi) is 96.6. The zero-order valence-corrected chi connectivity index (χ0v) is 19.6. The van der Waals surface area contributed by atoms with E-state index in [0.29, 0.717) is 11.9 Å². The second-order valence-electron chi connectivity index (χ2n) is 4.47. The fourth-order valence-electron chi connectivity index (χ4n) is 1.59. The summed E-state index contributed by atoms with van der Waals surface area (Å²) in [6, 6.07) is 0. The lowest BCUT2D eigenvalue weighted by atomic mass is 9.92. The SMILES string of the molecule is C.C=C.CC.CC.CC.CCCNCCC(C)(CCC)NC.CNC=O. The third-order valence-corrected chi connectivity index (χ3v) is 2.80. The normalized spacial score (nSPS) is 9.50. The molecule has 0 aliphatic rings. The highest BCUT2D eigenvalue weighted by Gasteiger charge is 2.19. The van der Waals surface area contributed by atoms with E-state index in [1.165, 1.54) is 25.7 Å². The van der Waals surface area contributed by atoms with Crippen molar-refractivity contribution in [2.24, 2.45) is 0 Å². The summed E-state index contributed by atoms with van der Waals surface area (Å²) in [5.41, 5.74) is 0.329. The number of amides is 1. The lowest BCUT2D eigenvalue weighted by molar-refractivity contribution is -0.109. The predicted molar refractivity (Wildman–Crippen MR) is 127 cm³/mol. The van der Waals surface area contributed by atoms with Crippen molar-refractivity contribution in [1.29, 1.82) is 0 Å². The highest BCUT2D eigenvalue weighted by atomic mass is 16.1. The van der Waals surface area contributed by atoms with Crippen LogP contribution in [-0.4, -0.2) is 39.1 Å². The molecule has 0 saturated carbocycles. The van der Waals surface area contributed by atoms with Crippen molar-refractivity contribution < 1.29 is 4.79 Å². The van der Waals surface area contributed by atoms with Crippen LogP contribution in [0.2, 0.25) is 0 Å². The number of hydrogen-bond acceptors (Lipinski definition) is 3. The van der Waals surface area contributed by atoms with Crippen molar-refractivity contribution in [1.82, 2.24) is 16.0 Å². The molecule has 4 nitrogen and oxygen atoms in total. The highest BCUT2D eigenvalue weighted by Crippen LogP contribution is 2.15. The predicted octanol–water partition coefficient (Wildman–Crippen LogP) is 6.03. The molecule has 0 bridgehead atoms. The average molecular weight is 380 g/mol. The van der Waals surface area contributed by atoms with Gasteiger partial charge >= 0.3 is 0 Å². The Balaban J connectivity index is -0.0000000466. The van der Waals surface area contributed by atoms with Gasteiger partial charge in [0.05, 0.1) is 0 Å². The van der Waals surface area contributed by atoms with Gasteiger partial charge in [-0.1, -0.05) is 69.2 Å². The summed E-state index contributed by atoms with van der Waals surface area (Å²) < 4.78 is 0. The Hall–Kier alpha value is -0.870. The molecule has 3 N–H and O–H groups in total. The molecular formula is C22H57N3O. The molecule has 0 aromatic carbocycles. The number of carbonyl (C=O) groups excluding carboxylic acids is 1. The van der Waals surface area contributed by atoms with Crippen LogP contribution in [0.1, 0.15) is 95.4 Å². The van der Waals surface area contributed by atoms with Gasteiger partial charge < -0.3 is 16.0 Å². The van der Waals surface area contributed by atoms with E-state index >= 15 is 0 Å². The fourth-order valence-corrected chi connectivity index (χ4v) is 1.59. The largest absolute Gasteiger partial charge is 0.362 e. The van der Waals surface area contributed by atoms with Crippen molar-refractivity contribution in [3.05, 3.63) is 13.2 Å². The first-order valence-electron chi connectivity index (χ1n) is 10.1. The van der Waals surface area contributed by atoms with Crippen LogP contribution in [-0.2, 0) is 4.79 Å². The van der Waals surface area contributed by atoms with E-state index in [1.807, 2.05) is 41.5 Å². The van der Waals surface area contributed by atoms with Gasteiger partial charge in [-0.05, 0) is 46.3 Å². The minimum Gasteiger partial charge on any atom is -0.362 e. The van der Waals surface area contributed by atoms with Crippen LogP contribution in [0, 0.1) is 0 Å². The van der Waals surface area contributed by atoms with Gasteiger partial charge in [-0.15, -0.1) is 13.2 Å². The molecule has 26 heavy (non-hydrogen) atoms. The second kappa shape index (κ2) is 56.4. The molecule has 1 atom stereocenters. The van der Waals surface area contributed by atoms with E-state index in [4.69, 9.17) is 4.79 Å². The third kappa shape index (κ3) is 56.7. The lowest BCUT2D eigenvalue weighted by Gasteiger charge is -2.29. The number of nitrogens with one attached hydrogen (secondary N) is 3. The molecule has 0 aliphatic carbocycles. The van der Waals surface area contributed by atoms with Gasteiger partial charge in [0.15, 0.2) is 0 Å². The van der Waals surface area contributed by atoms with Crippen LogP contribution in [0.5, 0.6) is 0 Å². The van der Waals surface area contributed by atoms with Crippen LogP contribution >= 0.6 is 0 Å². The maximum absolute atomic E-state index is 9.06. The van der Waals surface area contributed by atoms with Crippen LogP contribution in [0.15, 0.2) is 13.2 Å². The van der Waals surface area contributed by atoms with E-state index in [1.54, 1.807) is 7.05 Å². The quantitative estimate of drug-likeness (QED) is 0.260. The third-order valence-electron chi connectivity index (χ3n) is 2.80. The first-order chi connectivity index (χ1) is 12.1. The van der Waals surface area contributed by atoms with Crippen molar-refractivity contribution in [2.45, 2.75) is 101 Å². The standard InChI is InChI=1S/C11H26N2.C2H5NO.3C2H6.C2H4.CH4/c1-5-7-11(3,12-4)8-10-13-9-6-2;1-3-2-4;4*1-2;/h12-13H,5-10H2,1-4H3;2H,1H3,(H,3,4);3*1-2H3;1-2H2;1H4. The number of hydrogen-bond donors (Lipinski definition) is 3. The van der Waals surface area contributed by atoms with Crippen LogP contribution in [0.4, 0.5) is 0 Å². The Morgan fingerprint density at radius 3 is 1.46 bits per heavy atom. The Bertz CT molecular complexity index is 179. The summed E-state index contributed by atoms with van der Waals surface area (Å²) >= 11 is 0. The second-order valence-corrected chi connectivity index (χ2v) is 4.47. The number of carbonyl (C=O) groups is 1. The van der Waals surface area contributed by atoms with Crippen molar-refractivity contribution >= 4 is 6.41 Å². The van der Waals surface area contributed by atoms with Crippen molar-refractivity contribution in [2.75, 3.05) is 27.2 Å². The van der Waals surface area contributed by atoms with Gasteiger partial charge in [0, 0.05) is 12.6 Å². The first-order valence-corrected chi connectivity index (χ1v) is 10.1. The minimum atomic E-state index is 0. The minimum absolute atomic E-state index is 0. The fraction of sp³-hybridized carbons (Fsp3) is 0.864. The Labute approximate surface area is 169 Å². The summed E-state index contributed by atoms with van der Waals surface area (Å²) in [4.78, 5) is 9.06. The summed E-state index contributed by atoms with van der Waals surface area (Å²) in [7, 11) is 3.63. The molecule has 0 aromatic heterocycles. The van der Waals surface area contributed by atoms with E-state index in [-0.39, 0.29) is 7.43 Å². The molecule has 1 amide bonds. The molecule has 0 saturated heterocycles. The van der Waals surface area contributed by atoms with Gasteiger partial charge in [0.25, 0.3) is 0 Å². The summed E-state index contributed by atoms with van der Waals surface area (Å²) in [5.74, 6) is 0. The van der Waals surface area contributed by atoms with Crippen molar-refractivity contribution in [3.63, 3.8) is 0 Å². The van der Waals surface area contributed by atoms with Crippen LogP contribution in [0.3, 0.4) is 0 Å². The van der Waals surface area contributed by atoms with Gasteiger partial charge in [0.1, 0.15) is 0 Å². The molecule has 166 valence electrons. The molecule has 0 radical (unpaired) electrons. The molecule has 0 rings (SSSR count). The maximum atomic E-state index is 9.06. The summed E-state index contributed by atoms with van der Waals surface area (Å²) in [5, 5.41) is 9.11. The monoisotopic (exact) mass is 379 g/mol. The molecule has 0 aliphatic heterocycles. The topological polar surface area (TPSA) is 53.2 Å². The number of rotatable bonds is 9. The summed E-state index contributed by atoms with van der Waals surface area (Å²) in [6.45, 7) is 27.0. The molecule has 0 spiro atoms. The highest BCUT2D eigenvalue weighted by molar-refractivity contribution is 5.44. The molecule has 0 fully saturated rings. The average Bonchev–Trinajstić information content (AvgIpc) is 2.72. The molecular weight excluding hydrogens is 322 g/mol. The smallest absolute Gasteiger partial charge is 0.206 e. The first kappa shape index (κ1) is 44.5. The zero-order chi connectivity index (χ0) is 21.6. The molecule has 0 heterocycles. The van der Waals surface area contributed by atoms with E-state index in [2.05, 4.69) is 56.9 Å².